The van der Waals surface area contributed by atoms with Crippen molar-refractivity contribution >= 4 is 29.0 Å². The van der Waals surface area contributed by atoms with Gasteiger partial charge in [-0.05, 0) is 51.3 Å². The molecule has 1 aromatic carbocycles. The Morgan fingerprint density at radius 1 is 1.04 bits per heavy atom. The van der Waals surface area contributed by atoms with Crippen LogP contribution in [0.3, 0.4) is 0 Å². The number of thiophene rings is 1. The third-order valence-corrected chi connectivity index (χ3v) is 5.39. The van der Waals surface area contributed by atoms with E-state index in [0.717, 1.165) is 17.7 Å². The number of carbonyl (C=O) groups is 3. The number of ether oxygens (including phenoxy) is 1. The number of hydrogen-bond donors (Lipinski definition) is 1. The highest BCUT2D eigenvalue weighted by Gasteiger charge is 2.20. The van der Waals surface area contributed by atoms with Crippen LogP contribution in [-0.4, -0.2) is 29.8 Å². The Morgan fingerprint density at radius 2 is 1.75 bits per heavy atom. The van der Waals surface area contributed by atoms with E-state index >= 15 is 0 Å². The highest BCUT2D eigenvalue weighted by molar-refractivity contribution is 7.14. The Balaban J connectivity index is 1.68. The summed E-state index contributed by atoms with van der Waals surface area (Å²) >= 11 is 1.41. The molecule has 0 spiro atoms. The molecule has 2 atom stereocenters. The lowest BCUT2D eigenvalue weighted by Crippen LogP contribution is -2.41. The van der Waals surface area contributed by atoms with Crippen molar-refractivity contribution in [2.75, 3.05) is 0 Å². The van der Waals surface area contributed by atoms with E-state index in [1.807, 2.05) is 38.1 Å². The van der Waals surface area contributed by atoms with E-state index in [1.54, 1.807) is 13.0 Å². The van der Waals surface area contributed by atoms with Gasteiger partial charge in [-0.2, -0.15) is 0 Å². The first kappa shape index (κ1) is 21.8. The highest BCUT2D eigenvalue weighted by Crippen LogP contribution is 2.17. The third-order valence-electron chi connectivity index (χ3n) is 4.35. The fourth-order valence-corrected chi connectivity index (χ4v) is 3.53. The van der Waals surface area contributed by atoms with Crippen LogP contribution < -0.4 is 5.32 Å². The number of amides is 1. The molecule has 150 valence electrons. The summed E-state index contributed by atoms with van der Waals surface area (Å²) in [6.45, 7) is 5.40. The predicted octanol–water partition coefficient (Wildman–Crippen LogP) is 4.09. The van der Waals surface area contributed by atoms with Crippen molar-refractivity contribution in [3.05, 3.63) is 57.8 Å². The lowest BCUT2D eigenvalue weighted by atomic mass is 10.1. The molecule has 2 aromatic rings. The van der Waals surface area contributed by atoms with Gasteiger partial charge in [-0.3, -0.25) is 14.4 Å². The average molecular weight is 402 g/mol. The zero-order valence-corrected chi connectivity index (χ0v) is 17.4. The molecule has 1 heterocycles. The van der Waals surface area contributed by atoms with Crippen LogP contribution in [0.2, 0.25) is 0 Å². The molecule has 1 amide bonds. The first-order chi connectivity index (χ1) is 13.3. The summed E-state index contributed by atoms with van der Waals surface area (Å²) in [6.07, 6.45) is 0.828. The van der Waals surface area contributed by atoms with Crippen LogP contribution in [-0.2, 0) is 20.7 Å². The van der Waals surface area contributed by atoms with Crippen molar-refractivity contribution in [2.24, 2.45) is 0 Å². The van der Waals surface area contributed by atoms with Gasteiger partial charge >= 0.3 is 5.97 Å². The van der Waals surface area contributed by atoms with Crippen LogP contribution in [0, 0.1) is 6.92 Å². The summed E-state index contributed by atoms with van der Waals surface area (Å²) in [7, 11) is 0. The van der Waals surface area contributed by atoms with E-state index in [2.05, 4.69) is 17.4 Å². The molecule has 28 heavy (non-hydrogen) atoms. The Hall–Kier alpha value is -2.47. The number of ketones is 1. The normalized spacial score (nSPS) is 12.8. The van der Waals surface area contributed by atoms with Gasteiger partial charge in [-0.25, -0.2) is 0 Å². The van der Waals surface area contributed by atoms with Crippen molar-refractivity contribution in [1.82, 2.24) is 5.32 Å². The minimum Gasteiger partial charge on any atom is -0.453 e. The van der Waals surface area contributed by atoms with Crippen LogP contribution in [0.1, 0.15) is 53.2 Å². The van der Waals surface area contributed by atoms with Crippen LogP contribution in [0.4, 0.5) is 0 Å². The summed E-state index contributed by atoms with van der Waals surface area (Å²) in [6, 6.07) is 13.7. The molecular formula is C22H27NO4S. The van der Waals surface area contributed by atoms with E-state index in [-0.39, 0.29) is 30.6 Å². The first-order valence-corrected chi connectivity index (χ1v) is 10.3. The quantitative estimate of drug-likeness (QED) is 0.481. The zero-order chi connectivity index (χ0) is 20.5. The Kier molecular flexibility index (Phi) is 8.39. The summed E-state index contributed by atoms with van der Waals surface area (Å²) in [5.41, 5.74) is 1.22. The summed E-state index contributed by atoms with van der Waals surface area (Å²) in [5, 5.41) is 2.87. The average Bonchev–Trinajstić information content (AvgIpc) is 3.11. The fourth-order valence-electron chi connectivity index (χ4n) is 2.69. The molecule has 0 aliphatic rings. The molecular weight excluding hydrogens is 374 g/mol. The predicted molar refractivity (Wildman–Crippen MR) is 111 cm³/mol. The molecule has 0 unspecified atom stereocenters. The van der Waals surface area contributed by atoms with Gasteiger partial charge in [0.2, 0.25) is 0 Å². The number of aryl methyl sites for hydroxylation is 2. The van der Waals surface area contributed by atoms with Crippen molar-refractivity contribution in [3.8, 4) is 0 Å². The van der Waals surface area contributed by atoms with E-state index in [4.69, 9.17) is 4.74 Å². The van der Waals surface area contributed by atoms with Crippen LogP contribution >= 0.6 is 11.3 Å². The summed E-state index contributed by atoms with van der Waals surface area (Å²) in [5.74, 6) is -0.947. The van der Waals surface area contributed by atoms with Crippen LogP contribution in [0.25, 0.3) is 0 Å². The second-order valence-electron chi connectivity index (χ2n) is 6.90. The SMILES string of the molecule is Cc1ccc(C(=O)CCC(=O)O[C@H](C)C(=O)N[C@H](C)CCc2ccccc2)s1. The minimum absolute atomic E-state index is 0.0301. The number of hydrogen-bond acceptors (Lipinski definition) is 5. The zero-order valence-electron chi connectivity index (χ0n) is 16.6. The van der Waals surface area contributed by atoms with Gasteiger partial charge < -0.3 is 10.1 Å². The maximum Gasteiger partial charge on any atom is 0.307 e. The van der Waals surface area contributed by atoms with E-state index in [9.17, 15) is 14.4 Å². The molecule has 0 saturated heterocycles. The summed E-state index contributed by atoms with van der Waals surface area (Å²) < 4.78 is 5.17. The van der Waals surface area contributed by atoms with Gasteiger partial charge in [-0.1, -0.05) is 30.3 Å². The van der Waals surface area contributed by atoms with E-state index < -0.39 is 12.1 Å². The molecule has 0 fully saturated rings. The van der Waals surface area contributed by atoms with Gasteiger partial charge in [0.1, 0.15) is 0 Å². The van der Waals surface area contributed by atoms with E-state index in [0.29, 0.717) is 4.88 Å². The largest absolute Gasteiger partial charge is 0.453 e. The minimum atomic E-state index is -0.884. The van der Waals surface area contributed by atoms with Crippen molar-refractivity contribution in [3.63, 3.8) is 0 Å². The maximum atomic E-state index is 12.2. The standard InChI is InChI=1S/C22H27NO4S/c1-15(9-11-18-7-5-4-6-8-18)23-22(26)17(3)27-21(25)14-12-19(24)20-13-10-16(2)28-20/h4-8,10,13,15,17H,9,11-12,14H2,1-3H3,(H,23,26)/t15-,17-/m1/s1. The van der Waals surface area contributed by atoms with Crippen molar-refractivity contribution in [1.29, 1.82) is 0 Å². The lowest BCUT2D eigenvalue weighted by Gasteiger charge is -2.18. The van der Waals surface area contributed by atoms with Crippen LogP contribution in [0.15, 0.2) is 42.5 Å². The van der Waals surface area contributed by atoms with Gasteiger partial charge in [0.25, 0.3) is 5.91 Å². The maximum absolute atomic E-state index is 12.2. The van der Waals surface area contributed by atoms with Crippen molar-refractivity contribution in [2.45, 2.75) is 58.6 Å². The number of esters is 1. The molecule has 1 aromatic heterocycles. The van der Waals surface area contributed by atoms with Gasteiger partial charge in [0.05, 0.1) is 11.3 Å². The smallest absolute Gasteiger partial charge is 0.307 e. The Labute approximate surface area is 170 Å². The monoisotopic (exact) mass is 401 g/mol. The highest BCUT2D eigenvalue weighted by atomic mass is 32.1. The van der Waals surface area contributed by atoms with Crippen molar-refractivity contribution < 1.29 is 19.1 Å². The van der Waals surface area contributed by atoms with Crippen LogP contribution in [0.5, 0.6) is 0 Å². The molecule has 1 N–H and O–H groups in total. The van der Waals surface area contributed by atoms with E-state index in [1.165, 1.54) is 16.9 Å². The van der Waals surface area contributed by atoms with Gasteiger partial charge in [0, 0.05) is 17.3 Å². The number of nitrogens with one attached hydrogen (secondary N) is 1. The van der Waals surface area contributed by atoms with Gasteiger partial charge in [0.15, 0.2) is 11.9 Å². The topological polar surface area (TPSA) is 72.5 Å². The Bertz CT molecular complexity index is 800. The number of carbonyl (C=O) groups excluding carboxylic acids is 3. The number of Topliss-reactive ketones (excluding diaryl/α,β-unsaturated/α-hetero) is 1. The molecule has 0 aliphatic heterocycles. The molecule has 5 nitrogen and oxygen atoms in total. The molecule has 0 radical (unpaired) electrons. The second-order valence-corrected chi connectivity index (χ2v) is 8.19. The third kappa shape index (κ3) is 7.27. The van der Waals surface area contributed by atoms with Gasteiger partial charge in [-0.15, -0.1) is 11.3 Å². The Morgan fingerprint density at radius 3 is 2.39 bits per heavy atom. The molecule has 2 rings (SSSR count). The number of rotatable bonds is 10. The summed E-state index contributed by atoms with van der Waals surface area (Å²) in [4.78, 5) is 37.9. The lowest BCUT2D eigenvalue weighted by molar-refractivity contribution is -0.155. The first-order valence-electron chi connectivity index (χ1n) is 9.48. The fraction of sp³-hybridized carbons (Fsp3) is 0.409. The second kappa shape index (κ2) is 10.8. The number of benzene rings is 1. The molecule has 0 aliphatic carbocycles. The molecule has 0 saturated carbocycles. The molecule has 0 bridgehead atoms. The molecule has 6 heteroatoms.